The Morgan fingerprint density at radius 1 is 1.50 bits per heavy atom. The van der Waals surface area contributed by atoms with Crippen LogP contribution in [0.25, 0.3) is 10.9 Å². The van der Waals surface area contributed by atoms with Crippen LogP contribution in [0.3, 0.4) is 0 Å². The van der Waals surface area contributed by atoms with E-state index in [0.29, 0.717) is 5.88 Å². The number of aromatic amines is 1. The van der Waals surface area contributed by atoms with E-state index in [-0.39, 0.29) is 19.6 Å². The molecule has 2 aromatic heterocycles. The molecule has 2 rings (SSSR count). The zero-order valence-corrected chi connectivity index (χ0v) is 10.7. The second kappa shape index (κ2) is 5.21. The Morgan fingerprint density at radius 2 is 2.25 bits per heavy atom. The lowest BCUT2D eigenvalue weighted by molar-refractivity contribution is 0.211. The highest BCUT2D eigenvalue weighted by Gasteiger charge is 2.11. The van der Waals surface area contributed by atoms with Crippen LogP contribution in [0.2, 0.25) is 0 Å². The summed E-state index contributed by atoms with van der Waals surface area (Å²) in [5.74, 6) is 0.674. The maximum Gasteiger partial charge on any atom is 0.225 e. The molecule has 2 heterocycles. The average Bonchev–Trinajstić information content (AvgIpc) is 2.61. The van der Waals surface area contributed by atoms with E-state index >= 15 is 0 Å². The number of aromatic nitrogens is 3. The van der Waals surface area contributed by atoms with Gasteiger partial charge < -0.3 is 4.74 Å². The van der Waals surface area contributed by atoms with Crippen molar-refractivity contribution in [3.05, 3.63) is 18.0 Å². The van der Waals surface area contributed by atoms with Crippen LogP contribution in [0.15, 0.2) is 12.3 Å². The fraction of sp³-hybridized carbons (Fsp3) is 0.455. The molecule has 1 atom stereocenters. The van der Waals surface area contributed by atoms with E-state index < -0.39 is 0 Å². The number of hydrogen-bond acceptors (Lipinski definition) is 3. The van der Waals surface area contributed by atoms with Gasteiger partial charge in [0.2, 0.25) is 5.88 Å². The number of pyridine rings is 1. The number of H-pyrrole nitrogens is 1. The Labute approximate surface area is 102 Å². The van der Waals surface area contributed by atoms with Crippen molar-refractivity contribution in [1.82, 2.24) is 15.2 Å². The van der Waals surface area contributed by atoms with E-state index in [9.17, 15) is 0 Å². The Hall–Kier alpha value is -1.23. The van der Waals surface area contributed by atoms with Gasteiger partial charge in [0, 0.05) is 11.9 Å². The maximum atomic E-state index is 5.74. The van der Waals surface area contributed by atoms with Crippen molar-refractivity contribution in [2.45, 2.75) is 33.3 Å². The van der Waals surface area contributed by atoms with Crippen molar-refractivity contribution in [2.24, 2.45) is 0 Å². The molecule has 0 aliphatic rings. The predicted octanol–water partition coefficient (Wildman–Crippen LogP) is 2.56. The van der Waals surface area contributed by atoms with E-state index in [1.165, 1.54) is 0 Å². The lowest BCUT2D eigenvalue weighted by Crippen LogP contribution is -2.10. The Kier molecular flexibility index (Phi) is 4.18. The first-order chi connectivity index (χ1) is 7.22. The maximum absolute atomic E-state index is 5.74. The summed E-state index contributed by atoms with van der Waals surface area (Å²) in [7, 11) is 0. The van der Waals surface area contributed by atoms with Gasteiger partial charge in [0.15, 0.2) is 0 Å². The molecule has 0 fully saturated rings. The average molecular weight is 239 g/mol. The van der Waals surface area contributed by atoms with Gasteiger partial charge in [-0.2, -0.15) is 18.6 Å². The van der Waals surface area contributed by atoms with E-state index in [0.717, 1.165) is 23.0 Å². The zero-order valence-electron chi connectivity index (χ0n) is 9.74. The molecular formula is C11H17N3OS. The quantitative estimate of drug-likeness (QED) is 0.895. The normalized spacial score (nSPS) is 12.2. The lowest BCUT2D eigenvalue weighted by Gasteiger charge is -2.11. The second-order valence-corrected chi connectivity index (χ2v) is 3.70. The van der Waals surface area contributed by atoms with Crippen molar-refractivity contribution < 1.29 is 4.74 Å². The van der Waals surface area contributed by atoms with Crippen LogP contribution < -0.4 is 4.74 Å². The van der Waals surface area contributed by atoms with Gasteiger partial charge in [-0.05, 0) is 26.3 Å². The van der Waals surface area contributed by atoms with E-state index in [1.807, 2.05) is 19.9 Å². The van der Waals surface area contributed by atoms with E-state index in [4.69, 9.17) is 4.74 Å². The third kappa shape index (κ3) is 2.29. The summed E-state index contributed by atoms with van der Waals surface area (Å²) < 4.78 is 5.74. The van der Waals surface area contributed by atoms with Crippen molar-refractivity contribution in [2.75, 3.05) is 0 Å². The highest BCUT2D eigenvalue weighted by atomic mass is 32.1. The fourth-order valence-corrected chi connectivity index (χ4v) is 1.44. The highest BCUT2D eigenvalue weighted by molar-refractivity contribution is 7.59. The zero-order chi connectivity index (χ0) is 10.8. The number of ether oxygens (including phenoxy) is 1. The molecule has 88 valence electrons. The first kappa shape index (κ1) is 12.8. The monoisotopic (exact) mass is 239 g/mol. The summed E-state index contributed by atoms with van der Waals surface area (Å²) in [6.45, 7) is 6.10. The van der Waals surface area contributed by atoms with Crippen molar-refractivity contribution in [3.63, 3.8) is 0 Å². The fourth-order valence-electron chi connectivity index (χ4n) is 1.44. The third-order valence-electron chi connectivity index (χ3n) is 2.50. The van der Waals surface area contributed by atoms with Crippen LogP contribution in [0.1, 0.15) is 26.0 Å². The summed E-state index contributed by atoms with van der Waals surface area (Å²) in [5.41, 5.74) is 1.90. The molecule has 0 aromatic carbocycles. The molecule has 1 N–H and O–H groups in total. The number of rotatable bonds is 3. The molecular weight excluding hydrogens is 222 g/mol. The molecule has 0 saturated carbocycles. The largest absolute Gasteiger partial charge is 0.474 e. The molecule has 0 unspecified atom stereocenters. The number of nitrogens with zero attached hydrogens (tertiary/aromatic N) is 2. The summed E-state index contributed by atoms with van der Waals surface area (Å²) in [6.07, 6.45) is 2.87. The van der Waals surface area contributed by atoms with Crippen LogP contribution >= 0.6 is 13.5 Å². The molecule has 0 bridgehead atoms. The summed E-state index contributed by atoms with van der Waals surface area (Å²) >= 11 is 0. The molecule has 0 aliphatic carbocycles. The third-order valence-corrected chi connectivity index (χ3v) is 2.50. The first-order valence-corrected chi connectivity index (χ1v) is 5.18. The molecule has 5 heteroatoms. The molecule has 16 heavy (non-hydrogen) atoms. The highest BCUT2D eigenvalue weighted by Crippen LogP contribution is 2.25. The lowest BCUT2D eigenvalue weighted by atomic mass is 10.2. The standard InChI is InChI=1S/C11H15N3O.H2S/c1-4-7(2)15-11-10-8(3)13-14-9(10)5-6-12-11;/h5-7H,4H2,1-3H3,(H,13,14);1H2/t7-;/m0./s1. The summed E-state index contributed by atoms with van der Waals surface area (Å²) in [4.78, 5) is 4.25. The molecule has 2 aromatic rings. The Morgan fingerprint density at radius 3 is 2.94 bits per heavy atom. The van der Waals surface area contributed by atoms with Crippen LogP contribution in [-0.2, 0) is 0 Å². The minimum atomic E-state index is 0. The van der Waals surface area contributed by atoms with Gasteiger partial charge in [-0.3, -0.25) is 5.10 Å². The van der Waals surface area contributed by atoms with Crippen molar-refractivity contribution in [1.29, 1.82) is 0 Å². The second-order valence-electron chi connectivity index (χ2n) is 3.70. The van der Waals surface area contributed by atoms with Gasteiger partial charge in [0.1, 0.15) is 0 Å². The minimum Gasteiger partial charge on any atom is -0.474 e. The molecule has 4 nitrogen and oxygen atoms in total. The summed E-state index contributed by atoms with van der Waals surface area (Å²) in [5, 5.41) is 8.09. The van der Waals surface area contributed by atoms with Gasteiger partial charge in [-0.15, -0.1) is 0 Å². The number of hydrogen-bond donors (Lipinski definition) is 1. The molecule has 0 aliphatic heterocycles. The number of nitrogens with one attached hydrogen (secondary N) is 1. The Balaban J connectivity index is 0.00000128. The minimum absolute atomic E-state index is 0. The van der Waals surface area contributed by atoms with E-state index in [1.54, 1.807) is 6.20 Å². The number of fused-ring (bicyclic) bond motifs is 1. The number of aryl methyl sites for hydroxylation is 1. The Bertz CT molecular complexity index is 469. The van der Waals surface area contributed by atoms with Crippen LogP contribution in [0, 0.1) is 6.92 Å². The molecule has 0 saturated heterocycles. The van der Waals surface area contributed by atoms with Crippen LogP contribution in [0.5, 0.6) is 5.88 Å². The van der Waals surface area contributed by atoms with Crippen molar-refractivity contribution >= 4 is 24.4 Å². The molecule has 0 spiro atoms. The summed E-state index contributed by atoms with van der Waals surface area (Å²) in [6, 6.07) is 1.88. The molecule has 0 amide bonds. The molecule has 0 radical (unpaired) electrons. The smallest absolute Gasteiger partial charge is 0.225 e. The van der Waals surface area contributed by atoms with E-state index in [2.05, 4.69) is 22.1 Å². The first-order valence-electron chi connectivity index (χ1n) is 5.18. The van der Waals surface area contributed by atoms with Gasteiger partial charge >= 0.3 is 0 Å². The topological polar surface area (TPSA) is 50.8 Å². The van der Waals surface area contributed by atoms with Gasteiger partial charge in [-0.1, -0.05) is 6.92 Å². The van der Waals surface area contributed by atoms with Crippen molar-refractivity contribution in [3.8, 4) is 5.88 Å². The predicted molar refractivity (Wildman–Crippen MR) is 69.4 cm³/mol. The SMILES string of the molecule is CC[C@H](C)Oc1nccc2n[nH]c(C)c12.S. The van der Waals surface area contributed by atoms with Gasteiger partial charge in [0.05, 0.1) is 17.0 Å². The van der Waals surface area contributed by atoms with Gasteiger partial charge in [0.25, 0.3) is 0 Å². The van der Waals surface area contributed by atoms with Gasteiger partial charge in [-0.25, -0.2) is 4.98 Å². The van der Waals surface area contributed by atoms with Crippen LogP contribution in [0.4, 0.5) is 0 Å². The van der Waals surface area contributed by atoms with Crippen LogP contribution in [-0.4, -0.2) is 21.3 Å².